The molecule has 0 bridgehead atoms. The molecule has 3 rings (SSSR count). The monoisotopic (exact) mass is 246 g/mol. The van der Waals surface area contributed by atoms with Crippen molar-refractivity contribution in [1.82, 2.24) is 14.9 Å². The summed E-state index contributed by atoms with van der Waals surface area (Å²) in [5, 5.41) is 3.58. The number of hydrogen-bond donors (Lipinski definition) is 1. The Labute approximate surface area is 109 Å². The molecule has 18 heavy (non-hydrogen) atoms. The topological polar surface area (TPSA) is 41.0 Å². The third kappa shape index (κ3) is 2.48. The molecule has 0 aromatic carbocycles. The molecular formula is C14H22N4. The lowest BCUT2D eigenvalue weighted by Crippen LogP contribution is -2.33. The summed E-state index contributed by atoms with van der Waals surface area (Å²) in [5.41, 5.74) is 2.60. The van der Waals surface area contributed by atoms with Crippen molar-refractivity contribution in [1.29, 1.82) is 0 Å². The van der Waals surface area contributed by atoms with Gasteiger partial charge in [0.05, 0.1) is 0 Å². The lowest BCUT2D eigenvalue weighted by molar-refractivity contribution is 0.327. The molecule has 1 aromatic heterocycles. The van der Waals surface area contributed by atoms with Crippen molar-refractivity contribution in [3.8, 4) is 0 Å². The molecule has 1 fully saturated rings. The average Bonchev–Trinajstić information content (AvgIpc) is 2.99. The highest BCUT2D eigenvalue weighted by Gasteiger charge is 2.19. The van der Waals surface area contributed by atoms with Crippen LogP contribution >= 0.6 is 0 Å². The van der Waals surface area contributed by atoms with E-state index in [1.54, 1.807) is 6.33 Å². The maximum absolute atomic E-state index is 4.42. The molecule has 1 atom stereocenters. The molecule has 1 saturated heterocycles. The van der Waals surface area contributed by atoms with E-state index in [1.165, 1.54) is 43.6 Å². The van der Waals surface area contributed by atoms with Gasteiger partial charge in [0.1, 0.15) is 12.1 Å². The summed E-state index contributed by atoms with van der Waals surface area (Å²) < 4.78 is 0. The van der Waals surface area contributed by atoms with Crippen LogP contribution in [-0.4, -0.2) is 40.5 Å². The van der Waals surface area contributed by atoms with Crippen LogP contribution < -0.4 is 5.32 Å². The SMILES string of the molecule is CC(CN1CCCC1)Nc1ncnc2c1CCC2. The average molecular weight is 246 g/mol. The van der Waals surface area contributed by atoms with Crippen LogP contribution in [0.1, 0.15) is 37.4 Å². The van der Waals surface area contributed by atoms with Crippen molar-refractivity contribution in [2.45, 2.75) is 45.1 Å². The van der Waals surface area contributed by atoms with Crippen LogP contribution in [0.15, 0.2) is 6.33 Å². The summed E-state index contributed by atoms with van der Waals surface area (Å²) in [6.45, 7) is 5.89. The van der Waals surface area contributed by atoms with Crippen LogP contribution in [-0.2, 0) is 12.8 Å². The molecule has 0 amide bonds. The first-order valence-corrected chi connectivity index (χ1v) is 7.14. The minimum atomic E-state index is 0.461. The molecule has 0 spiro atoms. The predicted octanol–water partition coefficient (Wildman–Crippen LogP) is 1.86. The molecule has 4 heteroatoms. The second kappa shape index (κ2) is 5.22. The van der Waals surface area contributed by atoms with Crippen LogP contribution in [0.2, 0.25) is 0 Å². The van der Waals surface area contributed by atoms with Gasteiger partial charge in [-0.15, -0.1) is 0 Å². The first-order chi connectivity index (χ1) is 8.83. The number of likely N-dealkylation sites (tertiary alicyclic amines) is 1. The highest BCUT2D eigenvalue weighted by Crippen LogP contribution is 2.25. The third-order valence-electron chi connectivity index (χ3n) is 3.99. The maximum atomic E-state index is 4.42. The van der Waals surface area contributed by atoms with E-state index in [1.807, 2.05) is 0 Å². The van der Waals surface area contributed by atoms with Crippen molar-refractivity contribution in [2.24, 2.45) is 0 Å². The van der Waals surface area contributed by atoms with E-state index in [9.17, 15) is 0 Å². The van der Waals surface area contributed by atoms with Gasteiger partial charge in [-0.2, -0.15) is 0 Å². The summed E-state index contributed by atoms with van der Waals surface area (Å²) in [7, 11) is 0. The Bertz CT molecular complexity index is 412. The van der Waals surface area contributed by atoms with E-state index in [0.29, 0.717) is 6.04 Å². The summed E-state index contributed by atoms with van der Waals surface area (Å²) in [6.07, 6.45) is 7.89. The van der Waals surface area contributed by atoms with Gasteiger partial charge in [0.2, 0.25) is 0 Å². The third-order valence-corrected chi connectivity index (χ3v) is 3.99. The molecule has 1 aromatic rings. The standard InChI is InChI=1S/C14H22N4/c1-11(9-18-7-2-3-8-18)17-14-12-5-4-6-13(12)15-10-16-14/h10-11H,2-9H2,1H3,(H,15,16,17). The molecular weight excluding hydrogens is 224 g/mol. The van der Waals surface area contributed by atoms with Gasteiger partial charge in [-0.25, -0.2) is 9.97 Å². The molecule has 0 radical (unpaired) electrons. The van der Waals surface area contributed by atoms with Gasteiger partial charge in [0.15, 0.2) is 0 Å². The van der Waals surface area contributed by atoms with Gasteiger partial charge in [-0.1, -0.05) is 0 Å². The smallest absolute Gasteiger partial charge is 0.133 e. The predicted molar refractivity (Wildman–Crippen MR) is 72.8 cm³/mol. The molecule has 1 N–H and O–H groups in total. The minimum Gasteiger partial charge on any atom is -0.366 e. The van der Waals surface area contributed by atoms with Gasteiger partial charge in [-0.3, -0.25) is 0 Å². The normalized spacial score (nSPS) is 20.9. The molecule has 2 heterocycles. The van der Waals surface area contributed by atoms with Crippen molar-refractivity contribution in [3.05, 3.63) is 17.6 Å². The van der Waals surface area contributed by atoms with E-state index in [0.717, 1.165) is 25.2 Å². The fraction of sp³-hybridized carbons (Fsp3) is 0.714. The fourth-order valence-corrected chi connectivity index (χ4v) is 3.12. The van der Waals surface area contributed by atoms with E-state index in [2.05, 4.69) is 27.1 Å². The Morgan fingerprint density at radius 1 is 1.22 bits per heavy atom. The van der Waals surface area contributed by atoms with Crippen molar-refractivity contribution >= 4 is 5.82 Å². The zero-order valence-corrected chi connectivity index (χ0v) is 11.2. The Kier molecular flexibility index (Phi) is 3.46. The van der Waals surface area contributed by atoms with Gasteiger partial charge in [0.25, 0.3) is 0 Å². The fourth-order valence-electron chi connectivity index (χ4n) is 3.12. The zero-order chi connectivity index (χ0) is 12.4. The number of nitrogens with zero attached hydrogens (tertiary/aromatic N) is 3. The summed E-state index contributed by atoms with van der Waals surface area (Å²) >= 11 is 0. The highest BCUT2D eigenvalue weighted by molar-refractivity contribution is 5.48. The lowest BCUT2D eigenvalue weighted by atomic mass is 10.2. The van der Waals surface area contributed by atoms with Crippen molar-refractivity contribution in [2.75, 3.05) is 25.0 Å². The Balaban J connectivity index is 1.63. The lowest BCUT2D eigenvalue weighted by Gasteiger charge is -2.22. The van der Waals surface area contributed by atoms with E-state index in [-0.39, 0.29) is 0 Å². The van der Waals surface area contributed by atoms with Crippen molar-refractivity contribution in [3.63, 3.8) is 0 Å². The first kappa shape index (κ1) is 11.9. The number of aromatic nitrogens is 2. The van der Waals surface area contributed by atoms with Crippen molar-refractivity contribution < 1.29 is 0 Å². The molecule has 1 aliphatic heterocycles. The quantitative estimate of drug-likeness (QED) is 0.880. The van der Waals surface area contributed by atoms with Gasteiger partial charge < -0.3 is 10.2 Å². The first-order valence-electron chi connectivity index (χ1n) is 7.14. The molecule has 98 valence electrons. The number of rotatable bonds is 4. The van der Waals surface area contributed by atoms with E-state index in [4.69, 9.17) is 0 Å². The number of aryl methyl sites for hydroxylation is 1. The van der Waals surface area contributed by atoms with Gasteiger partial charge in [-0.05, 0) is 52.1 Å². The van der Waals surface area contributed by atoms with Crippen LogP contribution in [0, 0.1) is 0 Å². The number of fused-ring (bicyclic) bond motifs is 1. The van der Waals surface area contributed by atoms with Crippen LogP contribution in [0.5, 0.6) is 0 Å². The summed E-state index contributed by atoms with van der Waals surface area (Å²) in [4.78, 5) is 11.3. The second-order valence-electron chi connectivity index (χ2n) is 5.55. The Morgan fingerprint density at radius 2 is 2.06 bits per heavy atom. The van der Waals surface area contributed by atoms with Crippen LogP contribution in [0.25, 0.3) is 0 Å². The molecule has 1 aliphatic carbocycles. The second-order valence-corrected chi connectivity index (χ2v) is 5.55. The molecule has 1 unspecified atom stereocenters. The van der Waals surface area contributed by atoms with E-state index >= 15 is 0 Å². The zero-order valence-electron chi connectivity index (χ0n) is 11.2. The van der Waals surface area contributed by atoms with Gasteiger partial charge >= 0.3 is 0 Å². The summed E-state index contributed by atoms with van der Waals surface area (Å²) in [5.74, 6) is 1.07. The van der Waals surface area contributed by atoms with Gasteiger partial charge in [0, 0.05) is 23.8 Å². The molecule has 4 nitrogen and oxygen atoms in total. The highest BCUT2D eigenvalue weighted by atomic mass is 15.2. The Hall–Kier alpha value is -1.16. The summed E-state index contributed by atoms with van der Waals surface area (Å²) in [6, 6.07) is 0.461. The minimum absolute atomic E-state index is 0.461. The molecule has 0 saturated carbocycles. The van der Waals surface area contributed by atoms with Crippen LogP contribution in [0.3, 0.4) is 0 Å². The van der Waals surface area contributed by atoms with Crippen LogP contribution in [0.4, 0.5) is 5.82 Å². The maximum Gasteiger partial charge on any atom is 0.133 e. The van der Waals surface area contributed by atoms with E-state index < -0.39 is 0 Å². The number of hydrogen-bond acceptors (Lipinski definition) is 4. The number of anilines is 1. The number of nitrogens with one attached hydrogen (secondary N) is 1. The Morgan fingerprint density at radius 3 is 2.89 bits per heavy atom. The largest absolute Gasteiger partial charge is 0.366 e. The molecule has 2 aliphatic rings.